The van der Waals surface area contributed by atoms with Crippen LogP contribution in [0, 0.1) is 0 Å². The average molecular weight is 702 g/mol. The van der Waals surface area contributed by atoms with Gasteiger partial charge in [-0.25, -0.2) is 4.98 Å². The number of aromatic nitrogens is 3. The molecule has 2 aromatic heterocycles. The van der Waals surface area contributed by atoms with Crippen LogP contribution in [0.4, 0.5) is 11.4 Å². The summed E-state index contributed by atoms with van der Waals surface area (Å²) in [6, 6.07) is 41.0. The Bertz CT molecular complexity index is 2380. The minimum Gasteiger partial charge on any atom is -0.508 e. The number of rotatable bonds is 7. The lowest BCUT2D eigenvalue weighted by Crippen LogP contribution is -2.44. The summed E-state index contributed by atoms with van der Waals surface area (Å²) >= 11 is 0. The van der Waals surface area contributed by atoms with Gasteiger partial charge in [-0.2, -0.15) is 0 Å². The molecule has 0 saturated carbocycles. The fraction of sp³-hybridized carbons (Fsp3) is 0.267. The van der Waals surface area contributed by atoms with E-state index in [-0.39, 0.29) is 5.75 Å². The van der Waals surface area contributed by atoms with Crippen molar-refractivity contribution in [3.63, 3.8) is 0 Å². The Morgan fingerprint density at radius 3 is 1.68 bits per heavy atom. The predicted octanol–water partition coefficient (Wildman–Crippen LogP) is 8.21. The van der Waals surface area contributed by atoms with Crippen molar-refractivity contribution in [2.45, 2.75) is 13.5 Å². The fourth-order valence-electron chi connectivity index (χ4n) is 8.26. The van der Waals surface area contributed by atoms with E-state index in [1.165, 1.54) is 33.2 Å². The lowest BCUT2D eigenvalue weighted by atomic mass is 10.0. The second-order valence-electron chi connectivity index (χ2n) is 14.7. The Labute approximate surface area is 311 Å². The van der Waals surface area contributed by atoms with Crippen LogP contribution in [0.15, 0.2) is 115 Å². The molecule has 0 radical (unpaired) electrons. The number of imidazole rings is 1. The maximum atomic E-state index is 10.4. The largest absolute Gasteiger partial charge is 0.508 e. The SMILES string of the molecule is CCn1c2ccccc2c2cc(-c3nc(-c4ccc(N5CCN(C)CC5)cc4)c(-c4ccc(N5CCN(C)CC5)cc4)n3-c3ccc(O)cc3)ccc21. The number of hydrogen-bond acceptors (Lipinski definition) is 6. The van der Waals surface area contributed by atoms with E-state index in [2.05, 4.69) is 141 Å². The summed E-state index contributed by atoms with van der Waals surface area (Å²) in [4.78, 5) is 15.3. The number of anilines is 2. The van der Waals surface area contributed by atoms with Crippen molar-refractivity contribution in [2.75, 3.05) is 76.3 Å². The molecule has 0 aliphatic carbocycles. The molecule has 2 fully saturated rings. The van der Waals surface area contributed by atoms with Crippen LogP contribution in [-0.4, -0.2) is 95.5 Å². The summed E-state index contributed by atoms with van der Waals surface area (Å²) in [6.45, 7) is 11.5. The van der Waals surface area contributed by atoms with Crippen LogP contribution in [0.1, 0.15) is 6.92 Å². The summed E-state index contributed by atoms with van der Waals surface area (Å²) in [5, 5.41) is 12.8. The molecule has 2 saturated heterocycles. The quantitative estimate of drug-likeness (QED) is 0.181. The molecule has 8 nitrogen and oxygen atoms in total. The van der Waals surface area contributed by atoms with Gasteiger partial charge in [0.15, 0.2) is 0 Å². The van der Waals surface area contributed by atoms with Crippen molar-refractivity contribution in [3.05, 3.63) is 115 Å². The predicted molar refractivity (Wildman–Crippen MR) is 220 cm³/mol. The van der Waals surface area contributed by atoms with E-state index in [4.69, 9.17) is 4.98 Å². The molecule has 268 valence electrons. The van der Waals surface area contributed by atoms with Crippen LogP contribution in [0.25, 0.3) is 61.4 Å². The van der Waals surface area contributed by atoms with Gasteiger partial charge < -0.3 is 29.3 Å². The van der Waals surface area contributed by atoms with Gasteiger partial charge in [0.2, 0.25) is 0 Å². The van der Waals surface area contributed by atoms with Crippen molar-refractivity contribution < 1.29 is 5.11 Å². The molecule has 4 heterocycles. The Kier molecular flexibility index (Phi) is 8.64. The van der Waals surface area contributed by atoms with Gasteiger partial charge in [0.1, 0.15) is 11.6 Å². The van der Waals surface area contributed by atoms with Crippen LogP contribution in [0.5, 0.6) is 5.75 Å². The highest BCUT2D eigenvalue weighted by molar-refractivity contribution is 6.09. The summed E-state index contributed by atoms with van der Waals surface area (Å²) in [5.74, 6) is 1.10. The molecule has 1 N–H and O–H groups in total. The van der Waals surface area contributed by atoms with Crippen LogP contribution < -0.4 is 9.80 Å². The zero-order chi connectivity index (χ0) is 36.1. The number of phenolic OH excluding ortho intramolecular Hbond substituents is 1. The monoisotopic (exact) mass is 701 g/mol. The normalized spacial score (nSPS) is 15.9. The van der Waals surface area contributed by atoms with Gasteiger partial charge in [-0.15, -0.1) is 0 Å². The van der Waals surface area contributed by atoms with E-state index in [1.54, 1.807) is 12.1 Å². The number of phenols is 1. The molecule has 9 rings (SSSR count). The Hall–Kier alpha value is -5.57. The fourth-order valence-corrected chi connectivity index (χ4v) is 8.26. The summed E-state index contributed by atoms with van der Waals surface area (Å²) in [5.41, 5.74) is 11.1. The number of para-hydroxylation sites is 1. The summed E-state index contributed by atoms with van der Waals surface area (Å²) in [7, 11) is 4.39. The number of benzene rings is 5. The molecule has 5 aromatic carbocycles. The van der Waals surface area contributed by atoms with Crippen LogP contribution in [0.3, 0.4) is 0 Å². The van der Waals surface area contributed by atoms with Crippen LogP contribution in [0.2, 0.25) is 0 Å². The minimum atomic E-state index is 0.238. The first kappa shape index (κ1) is 33.3. The number of nitrogens with zero attached hydrogens (tertiary/aromatic N) is 7. The summed E-state index contributed by atoms with van der Waals surface area (Å²) in [6.07, 6.45) is 0. The zero-order valence-corrected chi connectivity index (χ0v) is 30.9. The molecule has 0 unspecified atom stereocenters. The first-order valence-corrected chi connectivity index (χ1v) is 19.0. The van der Waals surface area contributed by atoms with Gasteiger partial charge in [-0.3, -0.25) is 4.57 Å². The minimum absolute atomic E-state index is 0.238. The summed E-state index contributed by atoms with van der Waals surface area (Å²) < 4.78 is 4.68. The second kappa shape index (κ2) is 13.8. The van der Waals surface area contributed by atoms with Crippen molar-refractivity contribution in [1.29, 1.82) is 0 Å². The van der Waals surface area contributed by atoms with Gasteiger partial charge in [-0.05, 0) is 93.8 Å². The molecule has 2 aliphatic heterocycles. The third-order valence-electron chi connectivity index (χ3n) is 11.4. The van der Waals surface area contributed by atoms with Gasteiger partial charge in [0.25, 0.3) is 0 Å². The van der Waals surface area contributed by atoms with Crippen molar-refractivity contribution in [3.8, 4) is 45.3 Å². The van der Waals surface area contributed by atoms with Crippen molar-refractivity contribution in [1.82, 2.24) is 23.9 Å². The molecular weight excluding hydrogens is 655 g/mol. The number of hydrogen-bond donors (Lipinski definition) is 1. The van der Waals surface area contributed by atoms with Gasteiger partial charge in [0.05, 0.1) is 11.4 Å². The van der Waals surface area contributed by atoms with E-state index in [0.717, 1.165) is 98.5 Å². The third-order valence-corrected chi connectivity index (χ3v) is 11.4. The van der Waals surface area contributed by atoms with Gasteiger partial charge in [-0.1, -0.05) is 42.5 Å². The van der Waals surface area contributed by atoms with E-state index in [9.17, 15) is 5.11 Å². The van der Waals surface area contributed by atoms with Gasteiger partial charge in [0, 0.05) is 114 Å². The maximum absolute atomic E-state index is 10.4. The maximum Gasteiger partial charge on any atom is 0.145 e. The highest BCUT2D eigenvalue weighted by Gasteiger charge is 2.25. The van der Waals surface area contributed by atoms with Crippen LogP contribution >= 0.6 is 0 Å². The highest BCUT2D eigenvalue weighted by Crippen LogP contribution is 2.41. The van der Waals surface area contributed by atoms with Crippen LogP contribution in [-0.2, 0) is 6.54 Å². The van der Waals surface area contributed by atoms with Crippen molar-refractivity contribution >= 4 is 33.2 Å². The van der Waals surface area contributed by atoms with Gasteiger partial charge >= 0.3 is 0 Å². The first-order chi connectivity index (χ1) is 25.9. The van der Waals surface area contributed by atoms with E-state index in [1.807, 2.05) is 12.1 Å². The van der Waals surface area contributed by atoms with E-state index >= 15 is 0 Å². The molecule has 8 heteroatoms. The molecule has 2 aliphatic rings. The molecule has 7 aromatic rings. The number of fused-ring (bicyclic) bond motifs is 3. The average Bonchev–Trinajstić information content (AvgIpc) is 3.75. The number of piperazine rings is 2. The lowest BCUT2D eigenvalue weighted by Gasteiger charge is -2.34. The van der Waals surface area contributed by atoms with Crippen molar-refractivity contribution in [2.24, 2.45) is 0 Å². The third kappa shape index (κ3) is 6.11. The molecule has 0 amide bonds. The molecule has 53 heavy (non-hydrogen) atoms. The number of aryl methyl sites for hydroxylation is 1. The Morgan fingerprint density at radius 2 is 1.08 bits per heavy atom. The first-order valence-electron chi connectivity index (χ1n) is 19.0. The topological polar surface area (TPSA) is 55.9 Å². The second-order valence-corrected chi connectivity index (χ2v) is 14.7. The Balaban J connectivity index is 1.24. The standard InChI is InChI=1S/C45H47N7O/c1-4-51-41-8-6-5-7-39(41)40-31-34(13-22-42(40)51)45-46-43(32-9-14-35(15-10-32)49-27-23-47(2)24-28-49)44(52(45)37-18-20-38(53)21-19-37)33-11-16-36(17-12-33)50-29-25-48(3)26-30-50/h5-22,31,53H,4,23-30H2,1-3H3. The zero-order valence-electron chi connectivity index (χ0n) is 30.9. The van der Waals surface area contributed by atoms with E-state index < -0.39 is 0 Å². The molecular formula is C45H47N7O. The molecule has 0 atom stereocenters. The number of aromatic hydroxyl groups is 1. The molecule has 0 bridgehead atoms. The lowest BCUT2D eigenvalue weighted by molar-refractivity contribution is 0.313. The smallest absolute Gasteiger partial charge is 0.145 e. The van der Waals surface area contributed by atoms with E-state index in [0.29, 0.717) is 0 Å². The highest BCUT2D eigenvalue weighted by atomic mass is 16.3. The molecule has 0 spiro atoms. The number of likely N-dealkylation sites (N-methyl/N-ethyl adjacent to an activating group) is 2. The Morgan fingerprint density at radius 1 is 0.547 bits per heavy atom.